The van der Waals surface area contributed by atoms with E-state index in [1.54, 1.807) is 30.3 Å². The summed E-state index contributed by atoms with van der Waals surface area (Å²) in [5, 5.41) is 5.49. The lowest BCUT2D eigenvalue weighted by molar-refractivity contribution is -0.114. The van der Waals surface area contributed by atoms with E-state index in [1.807, 2.05) is 19.1 Å². The number of carbonyl (C=O) groups is 2. The minimum Gasteiger partial charge on any atom is -0.326 e. The van der Waals surface area contributed by atoms with Crippen molar-refractivity contribution in [2.75, 3.05) is 10.6 Å². The Hall–Kier alpha value is -2.27. The maximum atomic E-state index is 12.2. The largest absolute Gasteiger partial charge is 0.326 e. The Morgan fingerprint density at radius 1 is 0.952 bits per heavy atom. The van der Waals surface area contributed by atoms with Gasteiger partial charge in [0.15, 0.2) is 0 Å². The summed E-state index contributed by atoms with van der Waals surface area (Å²) in [5.74, 6) is -0.316. The van der Waals surface area contributed by atoms with E-state index in [0.29, 0.717) is 16.9 Å². The van der Waals surface area contributed by atoms with Crippen LogP contribution in [-0.2, 0) is 4.79 Å². The van der Waals surface area contributed by atoms with Gasteiger partial charge in [-0.3, -0.25) is 9.59 Å². The molecule has 4 nitrogen and oxygen atoms in total. The first kappa shape index (κ1) is 15.1. The van der Waals surface area contributed by atoms with Gasteiger partial charge in [-0.1, -0.05) is 6.07 Å². The van der Waals surface area contributed by atoms with E-state index in [2.05, 4.69) is 23.3 Å². The highest BCUT2D eigenvalue weighted by Gasteiger charge is 2.09. The van der Waals surface area contributed by atoms with Crippen LogP contribution < -0.4 is 10.6 Å². The molecule has 2 amide bonds. The summed E-state index contributed by atoms with van der Waals surface area (Å²) < 4.78 is 0. The summed E-state index contributed by atoms with van der Waals surface area (Å²) >= 11 is 4.25. The minimum atomic E-state index is -0.185. The van der Waals surface area contributed by atoms with Crippen LogP contribution >= 0.6 is 12.6 Å². The van der Waals surface area contributed by atoms with Crippen LogP contribution in [-0.4, -0.2) is 11.8 Å². The summed E-state index contributed by atoms with van der Waals surface area (Å²) in [6.45, 7) is 3.32. The van der Waals surface area contributed by atoms with Crippen LogP contribution in [0.5, 0.6) is 0 Å². The number of anilines is 2. The molecule has 0 unspecified atom stereocenters. The number of nitrogens with one attached hydrogen (secondary N) is 2. The Labute approximate surface area is 129 Å². The molecule has 0 aliphatic heterocycles. The van der Waals surface area contributed by atoms with E-state index < -0.39 is 0 Å². The predicted octanol–water partition coefficient (Wildman–Crippen LogP) is 3.49. The lowest BCUT2D eigenvalue weighted by Gasteiger charge is -2.09. The molecule has 0 atom stereocenters. The van der Waals surface area contributed by atoms with Crippen molar-refractivity contribution in [1.82, 2.24) is 0 Å². The van der Waals surface area contributed by atoms with Crippen molar-refractivity contribution in [2.24, 2.45) is 0 Å². The van der Waals surface area contributed by atoms with Crippen molar-refractivity contribution in [3.8, 4) is 0 Å². The molecule has 0 saturated carbocycles. The average Bonchev–Trinajstić information content (AvgIpc) is 2.43. The Bertz CT molecular complexity index is 681. The van der Waals surface area contributed by atoms with E-state index in [-0.39, 0.29) is 11.8 Å². The van der Waals surface area contributed by atoms with E-state index in [4.69, 9.17) is 0 Å². The van der Waals surface area contributed by atoms with Crippen molar-refractivity contribution in [3.05, 3.63) is 53.6 Å². The molecule has 0 fully saturated rings. The fourth-order valence-electron chi connectivity index (χ4n) is 1.89. The SMILES string of the molecule is CC(=O)Nc1ccc(NC(=O)c2cc(S)ccc2C)cc1. The molecular formula is C16H16N2O2S. The third kappa shape index (κ3) is 4.10. The van der Waals surface area contributed by atoms with Crippen LogP contribution in [0.1, 0.15) is 22.8 Å². The van der Waals surface area contributed by atoms with Gasteiger partial charge in [0.25, 0.3) is 5.91 Å². The molecule has 2 N–H and O–H groups in total. The highest BCUT2D eigenvalue weighted by Crippen LogP contribution is 2.18. The highest BCUT2D eigenvalue weighted by atomic mass is 32.1. The molecule has 0 aliphatic rings. The fraction of sp³-hybridized carbons (Fsp3) is 0.125. The normalized spacial score (nSPS) is 10.0. The third-order valence-electron chi connectivity index (χ3n) is 2.93. The molecule has 2 rings (SSSR count). The zero-order chi connectivity index (χ0) is 15.4. The number of hydrogen-bond donors (Lipinski definition) is 3. The van der Waals surface area contributed by atoms with Crippen LogP contribution in [0.25, 0.3) is 0 Å². The zero-order valence-electron chi connectivity index (χ0n) is 11.8. The summed E-state index contributed by atoms with van der Waals surface area (Å²) in [6.07, 6.45) is 0. The summed E-state index contributed by atoms with van der Waals surface area (Å²) in [7, 11) is 0. The first-order chi connectivity index (χ1) is 9.95. The Balaban J connectivity index is 2.12. The second-order valence-electron chi connectivity index (χ2n) is 4.71. The Kier molecular flexibility index (Phi) is 4.65. The van der Waals surface area contributed by atoms with E-state index >= 15 is 0 Å². The van der Waals surface area contributed by atoms with Crippen LogP contribution in [0.15, 0.2) is 47.4 Å². The molecule has 0 aliphatic carbocycles. The van der Waals surface area contributed by atoms with Crippen LogP contribution in [0.3, 0.4) is 0 Å². The number of carbonyl (C=O) groups excluding carboxylic acids is 2. The molecule has 2 aromatic rings. The predicted molar refractivity (Wildman–Crippen MR) is 87.1 cm³/mol. The highest BCUT2D eigenvalue weighted by molar-refractivity contribution is 7.80. The van der Waals surface area contributed by atoms with Crippen molar-refractivity contribution in [3.63, 3.8) is 0 Å². The summed E-state index contributed by atoms with van der Waals surface area (Å²) in [6, 6.07) is 12.4. The number of thiol groups is 1. The molecule has 0 heterocycles. The van der Waals surface area contributed by atoms with Crippen molar-refractivity contribution in [2.45, 2.75) is 18.7 Å². The lowest BCUT2D eigenvalue weighted by Crippen LogP contribution is -2.13. The van der Waals surface area contributed by atoms with Gasteiger partial charge in [-0.2, -0.15) is 0 Å². The molecule has 21 heavy (non-hydrogen) atoms. The number of rotatable bonds is 3. The van der Waals surface area contributed by atoms with Crippen molar-refractivity contribution in [1.29, 1.82) is 0 Å². The second kappa shape index (κ2) is 6.45. The zero-order valence-corrected chi connectivity index (χ0v) is 12.7. The standard InChI is InChI=1S/C16H16N2O2S/c1-10-3-8-14(21)9-15(10)16(20)18-13-6-4-12(5-7-13)17-11(2)19/h3-9,21H,1-2H3,(H,17,19)(H,18,20). The second-order valence-corrected chi connectivity index (χ2v) is 5.23. The van der Waals surface area contributed by atoms with Gasteiger partial charge in [-0.15, -0.1) is 12.6 Å². The average molecular weight is 300 g/mol. The van der Waals surface area contributed by atoms with Gasteiger partial charge in [-0.25, -0.2) is 0 Å². The molecule has 2 aromatic carbocycles. The minimum absolute atomic E-state index is 0.131. The Morgan fingerprint density at radius 2 is 1.52 bits per heavy atom. The van der Waals surface area contributed by atoms with Crippen LogP contribution in [0, 0.1) is 6.92 Å². The molecule has 0 aromatic heterocycles. The molecule has 0 spiro atoms. The van der Waals surface area contributed by atoms with Gasteiger partial charge in [0.05, 0.1) is 0 Å². The molecular weight excluding hydrogens is 284 g/mol. The maximum absolute atomic E-state index is 12.2. The molecule has 5 heteroatoms. The van der Waals surface area contributed by atoms with Gasteiger partial charge in [-0.05, 0) is 48.9 Å². The first-order valence-electron chi connectivity index (χ1n) is 6.44. The van der Waals surface area contributed by atoms with Crippen molar-refractivity contribution < 1.29 is 9.59 Å². The Morgan fingerprint density at radius 3 is 2.10 bits per heavy atom. The summed E-state index contributed by atoms with van der Waals surface area (Å²) in [4.78, 5) is 23.9. The summed E-state index contributed by atoms with van der Waals surface area (Å²) in [5.41, 5.74) is 2.83. The third-order valence-corrected chi connectivity index (χ3v) is 3.21. The van der Waals surface area contributed by atoms with E-state index in [1.165, 1.54) is 6.92 Å². The molecule has 108 valence electrons. The van der Waals surface area contributed by atoms with Gasteiger partial charge in [0.2, 0.25) is 5.91 Å². The lowest BCUT2D eigenvalue weighted by atomic mass is 10.1. The number of amides is 2. The van der Waals surface area contributed by atoms with Crippen LogP contribution in [0.2, 0.25) is 0 Å². The quantitative estimate of drug-likeness (QED) is 0.760. The van der Waals surface area contributed by atoms with Crippen LogP contribution in [0.4, 0.5) is 11.4 Å². The van der Waals surface area contributed by atoms with Gasteiger partial charge in [0.1, 0.15) is 0 Å². The number of hydrogen-bond acceptors (Lipinski definition) is 3. The monoisotopic (exact) mass is 300 g/mol. The molecule has 0 saturated heterocycles. The fourth-order valence-corrected chi connectivity index (χ4v) is 2.10. The number of benzene rings is 2. The van der Waals surface area contributed by atoms with Gasteiger partial charge in [0, 0.05) is 28.8 Å². The maximum Gasteiger partial charge on any atom is 0.255 e. The molecule has 0 bridgehead atoms. The molecule has 0 radical (unpaired) electrons. The number of aryl methyl sites for hydroxylation is 1. The van der Waals surface area contributed by atoms with Gasteiger partial charge >= 0.3 is 0 Å². The first-order valence-corrected chi connectivity index (χ1v) is 6.89. The van der Waals surface area contributed by atoms with Crippen molar-refractivity contribution >= 4 is 35.8 Å². The van der Waals surface area contributed by atoms with E-state index in [9.17, 15) is 9.59 Å². The van der Waals surface area contributed by atoms with E-state index in [0.717, 1.165) is 10.5 Å². The van der Waals surface area contributed by atoms with Gasteiger partial charge < -0.3 is 10.6 Å². The smallest absolute Gasteiger partial charge is 0.255 e. The topological polar surface area (TPSA) is 58.2 Å².